The molecule has 0 saturated carbocycles. The van der Waals surface area contributed by atoms with Crippen LogP contribution in [-0.2, 0) is 28.2 Å². The first-order valence-corrected chi connectivity index (χ1v) is 31.0. The molecule has 4 aliphatic rings. The zero-order chi connectivity index (χ0) is 62.8. The van der Waals surface area contributed by atoms with E-state index in [1.165, 1.54) is 99.7 Å². The molecule has 16 rings (SSSR count). The molecule has 0 spiro atoms. The number of pyridine rings is 4. The molecule has 0 saturated heterocycles. The van der Waals surface area contributed by atoms with Crippen molar-refractivity contribution in [3.05, 3.63) is 238 Å². The third-order valence-electron chi connectivity index (χ3n) is 18.6. The number of nitrogens with zero attached hydrogens (tertiary/aromatic N) is 8. The summed E-state index contributed by atoms with van der Waals surface area (Å²) in [5.74, 6) is 12.7. The first-order valence-electron chi connectivity index (χ1n) is 31.0. The average Bonchev–Trinajstić information content (AvgIpc) is 1.67. The number of fused-ring (bicyclic) bond motifs is 12. The molecule has 0 atom stereocenters. The molecule has 0 radical (unpaired) electrons. The lowest BCUT2D eigenvalue weighted by atomic mass is 9.55. The number of rotatable bonds is 4. The van der Waals surface area contributed by atoms with Crippen LogP contribution in [0.15, 0.2) is 200 Å². The van der Waals surface area contributed by atoms with Gasteiger partial charge in [0.2, 0.25) is 0 Å². The highest BCUT2D eigenvalue weighted by Crippen LogP contribution is 2.40. The Balaban J connectivity index is 0.000000110. The second kappa shape index (κ2) is 23.9. The van der Waals surface area contributed by atoms with E-state index in [0.717, 1.165) is 45.7 Å². The Kier molecular flexibility index (Phi) is 15.7. The zero-order valence-corrected chi connectivity index (χ0v) is 54.2. The normalized spacial score (nSPS) is 13.8. The number of aromatic nitrogens is 4. The Hall–Kier alpha value is -9.94. The van der Waals surface area contributed by atoms with Crippen LogP contribution in [0.5, 0.6) is 0 Å². The molecule has 0 aliphatic carbocycles. The van der Waals surface area contributed by atoms with E-state index in [9.17, 15) is 0 Å². The summed E-state index contributed by atoms with van der Waals surface area (Å²) in [6, 6.07) is 46.1. The van der Waals surface area contributed by atoms with Crippen molar-refractivity contribution in [2.45, 2.75) is 41.5 Å². The largest absolute Gasteiger partial charge is 0.455 e. The fourth-order valence-electron chi connectivity index (χ4n) is 13.4. The lowest BCUT2D eigenvalue weighted by molar-refractivity contribution is -0.654. The number of anilines is 4. The van der Waals surface area contributed by atoms with E-state index in [0.29, 0.717) is 0 Å². The standard InChI is InChI=1S/2C19H20BN2O.2C18H18BN2O/c1-13-11-18(21(3)12-14(13)2)20-10-9-16-15-7-5-6-8-17(15)23-19(16)22(20)4;1-13-11-18(21(3)12-14(13)2)20-10-9-17-19(22(20)4)15-7-5-6-8-16(15)23-17;1-13-9-11-20(2)17(12-13)19-10-8-15-14-6-4-5-7-16(14)22-18(15)21(19)3;1-13-8-9-17(20(2)12-13)19-11-10-15-14-6-4-5-7-16(14)22-18(15)21(19)3/h2*5-12H,1-4H3;2*4-12H,1-3H3/q4*+1. The summed E-state index contributed by atoms with van der Waals surface area (Å²) in [4.78, 5) is 8.95. The van der Waals surface area contributed by atoms with Gasteiger partial charge in [-0.1, -0.05) is 109 Å². The van der Waals surface area contributed by atoms with Crippen LogP contribution in [0.2, 0.25) is 0 Å². The second-order valence-corrected chi connectivity index (χ2v) is 24.8. The SMILES string of the molecule is Cc1cc(B2C=Cc3c(oc4ccccc34)N2C)[n+](C)cc1C.Cc1cc(B2C=Cc3oc4ccccc4c3N2C)[n+](C)cc1C.Cc1cc[n+](C)c(B2C=Cc3c(oc4ccccc34)N2C)c1.Cc1ccc(B2C=Cc3c(oc4ccccc34)N2C)[n+](C)c1. The van der Waals surface area contributed by atoms with Gasteiger partial charge in [0.1, 0.15) is 56.3 Å². The molecule has 90 heavy (non-hydrogen) atoms. The molecule has 12 heterocycles. The van der Waals surface area contributed by atoms with E-state index in [2.05, 4.69) is 293 Å². The summed E-state index contributed by atoms with van der Waals surface area (Å²) < 4.78 is 33.1. The van der Waals surface area contributed by atoms with Crippen molar-refractivity contribution in [2.75, 3.05) is 47.4 Å². The van der Waals surface area contributed by atoms with Gasteiger partial charge in [0.15, 0.2) is 64.8 Å². The van der Waals surface area contributed by atoms with Gasteiger partial charge in [-0.15, -0.1) is 0 Å². The maximum atomic E-state index is 6.11. The van der Waals surface area contributed by atoms with Crippen molar-refractivity contribution >= 4 is 141 Å². The van der Waals surface area contributed by atoms with Gasteiger partial charge in [0.05, 0.1) is 5.69 Å². The molecule has 16 heteroatoms. The van der Waals surface area contributed by atoms with E-state index in [4.69, 9.17) is 17.7 Å². The summed E-state index contributed by atoms with van der Waals surface area (Å²) in [7, 11) is 16.8. The van der Waals surface area contributed by atoms with Crippen molar-refractivity contribution in [3.8, 4) is 0 Å². The number of aryl methyl sites for hydroxylation is 10. The summed E-state index contributed by atoms with van der Waals surface area (Å²) in [5.41, 5.74) is 21.3. The summed E-state index contributed by atoms with van der Waals surface area (Å²) in [6.45, 7) is 13.6. The molecule has 0 amide bonds. The summed E-state index contributed by atoms with van der Waals surface area (Å²) >= 11 is 0. The molecule has 8 aromatic heterocycles. The van der Waals surface area contributed by atoms with Gasteiger partial charge < -0.3 is 36.9 Å². The van der Waals surface area contributed by atoms with Crippen molar-refractivity contribution in [1.82, 2.24) is 0 Å². The minimum atomic E-state index is 0.173. The van der Waals surface area contributed by atoms with Gasteiger partial charge >= 0.3 is 27.4 Å². The summed E-state index contributed by atoms with van der Waals surface area (Å²) in [5, 5.41) is 4.69. The topological polar surface area (TPSA) is 81.0 Å². The third-order valence-corrected chi connectivity index (χ3v) is 18.6. The molecule has 0 bridgehead atoms. The highest BCUT2D eigenvalue weighted by Gasteiger charge is 2.39. The molecular formula is C74H76B4N8O4+4. The van der Waals surface area contributed by atoms with Gasteiger partial charge in [-0.2, -0.15) is 0 Å². The maximum absolute atomic E-state index is 6.11. The van der Waals surface area contributed by atoms with Crippen LogP contribution in [-0.4, -0.2) is 55.6 Å². The van der Waals surface area contributed by atoms with E-state index in [1.807, 2.05) is 48.5 Å². The van der Waals surface area contributed by atoms with Crippen LogP contribution < -0.4 is 59.9 Å². The first-order chi connectivity index (χ1) is 43.4. The fourth-order valence-corrected chi connectivity index (χ4v) is 13.4. The molecule has 4 aliphatic heterocycles. The Morgan fingerprint density at radius 2 is 0.711 bits per heavy atom. The van der Waals surface area contributed by atoms with Crippen molar-refractivity contribution in [2.24, 2.45) is 28.2 Å². The molecule has 4 aromatic carbocycles. The maximum Gasteiger partial charge on any atom is 0.398 e. The van der Waals surface area contributed by atoms with Crippen LogP contribution >= 0.6 is 0 Å². The molecule has 444 valence electrons. The van der Waals surface area contributed by atoms with Crippen LogP contribution in [0, 0.1) is 41.5 Å². The number of hydrogen-bond donors (Lipinski definition) is 0. The van der Waals surface area contributed by atoms with Crippen LogP contribution in [0.3, 0.4) is 0 Å². The number of hydrogen-bond acceptors (Lipinski definition) is 8. The van der Waals surface area contributed by atoms with Gasteiger partial charge in [-0.25, -0.2) is 18.3 Å². The van der Waals surface area contributed by atoms with E-state index in [-0.39, 0.29) is 27.4 Å². The van der Waals surface area contributed by atoms with Crippen molar-refractivity contribution in [3.63, 3.8) is 0 Å². The lowest BCUT2D eigenvalue weighted by Gasteiger charge is -2.26. The minimum Gasteiger partial charge on any atom is -0.455 e. The van der Waals surface area contributed by atoms with Crippen molar-refractivity contribution < 1.29 is 35.9 Å². The van der Waals surface area contributed by atoms with Crippen LogP contribution in [0.1, 0.15) is 55.8 Å². The van der Waals surface area contributed by atoms with E-state index in [1.54, 1.807) is 0 Å². The fraction of sp³-hybridized carbons (Fsp3) is 0.189. The van der Waals surface area contributed by atoms with Gasteiger partial charge in [0, 0.05) is 79.2 Å². The van der Waals surface area contributed by atoms with Crippen LogP contribution in [0.25, 0.3) is 68.2 Å². The highest BCUT2D eigenvalue weighted by molar-refractivity contribution is 6.82. The predicted octanol–water partition coefficient (Wildman–Crippen LogP) is 10.5. The molecule has 12 nitrogen and oxygen atoms in total. The third kappa shape index (κ3) is 10.7. The first kappa shape index (κ1) is 59.0. The smallest absolute Gasteiger partial charge is 0.398 e. The average molecular weight is 1180 g/mol. The number of para-hydroxylation sites is 4. The Bertz CT molecular complexity index is 4890. The molecular weight excluding hydrogens is 1110 g/mol. The Morgan fingerprint density at radius 3 is 1.17 bits per heavy atom. The van der Waals surface area contributed by atoms with Gasteiger partial charge in [-0.3, -0.25) is 0 Å². The lowest BCUT2D eigenvalue weighted by Crippen LogP contribution is -2.60. The Morgan fingerprint density at radius 1 is 0.333 bits per heavy atom. The highest BCUT2D eigenvalue weighted by atomic mass is 16.4. The quantitative estimate of drug-likeness (QED) is 0.127. The van der Waals surface area contributed by atoms with E-state index < -0.39 is 0 Å². The van der Waals surface area contributed by atoms with Crippen LogP contribution in [0.4, 0.5) is 23.3 Å². The Labute approximate surface area is 529 Å². The monoisotopic (exact) mass is 1180 g/mol. The van der Waals surface area contributed by atoms with Crippen molar-refractivity contribution in [1.29, 1.82) is 0 Å². The zero-order valence-electron chi connectivity index (χ0n) is 54.2. The number of furan rings is 4. The summed E-state index contributed by atoms with van der Waals surface area (Å²) in [6.07, 6.45) is 17.3. The minimum absolute atomic E-state index is 0.173. The molecule has 0 N–H and O–H groups in total. The van der Waals surface area contributed by atoms with Gasteiger partial charge in [-0.05, 0) is 135 Å². The molecule has 0 unspecified atom stereocenters. The second-order valence-electron chi connectivity index (χ2n) is 24.8. The van der Waals surface area contributed by atoms with E-state index >= 15 is 0 Å². The van der Waals surface area contributed by atoms with Gasteiger partial charge in [0.25, 0.3) is 0 Å². The molecule has 0 fully saturated rings. The predicted molar refractivity (Wildman–Crippen MR) is 375 cm³/mol. The number of benzene rings is 4. The molecule has 12 aromatic rings.